The smallest absolute Gasteiger partial charge is 0.124 e. The summed E-state index contributed by atoms with van der Waals surface area (Å²) in [6.45, 7) is 1.51. The van der Waals surface area contributed by atoms with Crippen molar-refractivity contribution < 1.29 is 14.9 Å². The van der Waals surface area contributed by atoms with Crippen molar-refractivity contribution in [2.45, 2.75) is 19.1 Å². The molecular formula is C11H16ClNO3. The van der Waals surface area contributed by atoms with E-state index in [0.29, 0.717) is 10.8 Å². The second kappa shape index (κ2) is 6.06. The van der Waals surface area contributed by atoms with Crippen molar-refractivity contribution in [3.05, 3.63) is 28.8 Å². The molecule has 4 N–H and O–H groups in total. The number of halogens is 1. The molecule has 16 heavy (non-hydrogen) atoms. The summed E-state index contributed by atoms with van der Waals surface area (Å²) in [7, 11) is 0. The molecule has 4 nitrogen and oxygen atoms in total. The highest BCUT2D eigenvalue weighted by molar-refractivity contribution is 6.30. The maximum atomic E-state index is 9.17. The van der Waals surface area contributed by atoms with Crippen LogP contribution in [0.15, 0.2) is 18.2 Å². The van der Waals surface area contributed by atoms with E-state index in [1.807, 2.05) is 6.92 Å². The van der Waals surface area contributed by atoms with Crippen LogP contribution >= 0.6 is 11.6 Å². The van der Waals surface area contributed by atoms with E-state index in [4.69, 9.17) is 27.2 Å². The molecule has 0 fully saturated rings. The molecule has 2 atom stereocenters. The number of aliphatic hydroxyl groups excluding tert-OH is 2. The molecule has 0 aliphatic carbocycles. The van der Waals surface area contributed by atoms with Crippen molar-refractivity contribution in [1.29, 1.82) is 0 Å². The Hall–Kier alpha value is -0.810. The highest BCUT2D eigenvalue weighted by Crippen LogP contribution is 2.27. The van der Waals surface area contributed by atoms with E-state index in [2.05, 4.69) is 0 Å². The van der Waals surface area contributed by atoms with Gasteiger partial charge in [-0.25, -0.2) is 0 Å². The molecule has 1 aromatic rings. The van der Waals surface area contributed by atoms with Gasteiger partial charge in [0, 0.05) is 16.6 Å². The van der Waals surface area contributed by atoms with Crippen LogP contribution < -0.4 is 10.5 Å². The molecule has 0 aromatic heterocycles. The number of nitrogens with two attached hydrogens (primary N) is 1. The van der Waals surface area contributed by atoms with Crippen molar-refractivity contribution >= 4 is 11.6 Å². The third kappa shape index (κ3) is 3.64. The third-order valence-corrected chi connectivity index (χ3v) is 2.34. The van der Waals surface area contributed by atoms with Crippen molar-refractivity contribution in [1.82, 2.24) is 0 Å². The Morgan fingerprint density at radius 1 is 1.50 bits per heavy atom. The summed E-state index contributed by atoms with van der Waals surface area (Å²) < 4.78 is 5.36. The van der Waals surface area contributed by atoms with Crippen LogP contribution in [0.2, 0.25) is 5.02 Å². The Kier molecular flexibility index (Phi) is 5.02. The van der Waals surface area contributed by atoms with Crippen molar-refractivity contribution in [3.63, 3.8) is 0 Å². The van der Waals surface area contributed by atoms with E-state index in [1.54, 1.807) is 18.2 Å². The summed E-state index contributed by atoms with van der Waals surface area (Å²) in [5.74, 6) is 0.576. The molecule has 1 aromatic carbocycles. The maximum absolute atomic E-state index is 9.17. The van der Waals surface area contributed by atoms with E-state index in [-0.39, 0.29) is 19.3 Å². The van der Waals surface area contributed by atoms with Gasteiger partial charge < -0.3 is 20.7 Å². The number of hydrogen-bond donors (Lipinski definition) is 3. The molecule has 0 aliphatic heterocycles. The second-order valence-corrected chi connectivity index (χ2v) is 4.05. The van der Waals surface area contributed by atoms with Crippen molar-refractivity contribution in [2.75, 3.05) is 13.2 Å². The number of hydrogen-bond acceptors (Lipinski definition) is 4. The minimum absolute atomic E-state index is 0.0256. The zero-order valence-corrected chi connectivity index (χ0v) is 9.81. The van der Waals surface area contributed by atoms with Crippen molar-refractivity contribution in [2.24, 2.45) is 5.73 Å². The molecule has 0 amide bonds. The Bertz CT molecular complexity index is 344. The van der Waals surface area contributed by atoms with Gasteiger partial charge in [-0.05, 0) is 25.1 Å². The zero-order valence-electron chi connectivity index (χ0n) is 9.06. The minimum atomic E-state index is -0.892. The first-order valence-corrected chi connectivity index (χ1v) is 5.39. The van der Waals surface area contributed by atoms with Crippen LogP contribution in [0.3, 0.4) is 0 Å². The molecule has 1 unspecified atom stereocenters. The first-order chi connectivity index (χ1) is 7.54. The molecule has 0 heterocycles. The summed E-state index contributed by atoms with van der Waals surface area (Å²) >= 11 is 5.85. The molecular weight excluding hydrogens is 230 g/mol. The number of ether oxygens (including phenoxy) is 1. The monoisotopic (exact) mass is 245 g/mol. The Morgan fingerprint density at radius 3 is 2.75 bits per heavy atom. The predicted octanol–water partition coefficient (Wildman–Crippen LogP) is 1.09. The van der Waals surface area contributed by atoms with Gasteiger partial charge in [0.15, 0.2) is 0 Å². The van der Waals surface area contributed by atoms with Gasteiger partial charge >= 0.3 is 0 Å². The summed E-state index contributed by atoms with van der Waals surface area (Å²) in [4.78, 5) is 0. The van der Waals surface area contributed by atoms with Gasteiger partial charge in [-0.15, -0.1) is 0 Å². The number of benzene rings is 1. The van der Waals surface area contributed by atoms with Gasteiger partial charge in [0.05, 0.1) is 6.61 Å². The van der Waals surface area contributed by atoms with Crippen LogP contribution in [0.1, 0.15) is 18.5 Å². The molecule has 90 valence electrons. The molecule has 0 aliphatic rings. The molecule has 1 rings (SSSR count). The fraction of sp³-hybridized carbons (Fsp3) is 0.455. The second-order valence-electron chi connectivity index (χ2n) is 3.62. The zero-order chi connectivity index (χ0) is 12.1. The first-order valence-electron chi connectivity index (χ1n) is 5.01. The standard InChI is InChI=1S/C11H16ClNO3/c1-7(13)10-4-8(12)2-3-11(10)16-6-9(15)5-14/h2-4,7,9,14-15H,5-6,13H2,1H3/t7-,9?/m1/s1. The molecule has 5 heteroatoms. The lowest BCUT2D eigenvalue weighted by atomic mass is 10.1. The van der Waals surface area contributed by atoms with Gasteiger partial charge in [0.1, 0.15) is 18.5 Å². The highest BCUT2D eigenvalue weighted by Gasteiger charge is 2.10. The Balaban J connectivity index is 2.78. The molecule has 0 spiro atoms. The lowest BCUT2D eigenvalue weighted by Gasteiger charge is -2.15. The average Bonchev–Trinajstić information content (AvgIpc) is 2.26. The topological polar surface area (TPSA) is 75.7 Å². The highest BCUT2D eigenvalue weighted by atomic mass is 35.5. The summed E-state index contributed by atoms with van der Waals surface area (Å²) in [6.07, 6.45) is -0.892. The van der Waals surface area contributed by atoms with E-state index in [9.17, 15) is 5.11 Å². The average molecular weight is 246 g/mol. The molecule has 0 radical (unpaired) electrons. The first kappa shape index (κ1) is 13.3. The maximum Gasteiger partial charge on any atom is 0.124 e. The molecule has 0 bridgehead atoms. The number of rotatable bonds is 5. The number of aliphatic hydroxyl groups is 2. The summed E-state index contributed by atoms with van der Waals surface area (Å²) in [6, 6.07) is 4.91. The van der Waals surface area contributed by atoms with E-state index in [1.165, 1.54) is 0 Å². The van der Waals surface area contributed by atoms with E-state index >= 15 is 0 Å². The van der Waals surface area contributed by atoms with E-state index in [0.717, 1.165) is 5.56 Å². The Labute approximate surface area is 99.6 Å². The lowest BCUT2D eigenvalue weighted by Crippen LogP contribution is -2.22. The fourth-order valence-corrected chi connectivity index (χ4v) is 1.43. The third-order valence-electron chi connectivity index (χ3n) is 2.10. The fourth-order valence-electron chi connectivity index (χ4n) is 1.25. The minimum Gasteiger partial charge on any atom is -0.490 e. The largest absolute Gasteiger partial charge is 0.490 e. The summed E-state index contributed by atoms with van der Waals surface area (Å²) in [5.41, 5.74) is 6.55. The van der Waals surface area contributed by atoms with Crippen LogP contribution in [0.4, 0.5) is 0 Å². The van der Waals surface area contributed by atoms with Crippen LogP contribution in [-0.2, 0) is 0 Å². The Morgan fingerprint density at radius 2 is 2.19 bits per heavy atom. The van der Waals surface area contributed by atoms with Gasteiger partial charge in [0.2, 0.25) is 0 Å². The van der Waals surface area contributed by atoms with Crippen LogP contribution in [0.5, 0.6) is 5.75 Å². The van der Waals surface area contributed by atoms with Crippen LogP contribution in [-0.4, -0.2) is 29.5 Å². The molecule has 0 saturated carbocycles. The van der Waals surface area contributed by atoms with Crippen LogP contribution in [0.25, 0.3) is 0 Å². The van der Waals surface area contributed by atoms with Crippen molar-refractivity contribution in [3.8, 4) is 5.75 Å². The van der Waals surface area contributed by atoms with E-state index < -0.39 is 6.10 Å². The van der Waals surface area contributed by atoms with Gasteiger partial charge in [0.25, 0.3) is 0 Å². The SMILES string of the molecule is C[C@@H](N)c1cc(Cl)ccc1OCC(O)CO. The molecule has 0 saturated heterocycles. The normalized spacial score (nSPS) is 14.6. The quantitative estimate of drug-likeness (QED) is 0.726. The van der Waals surface area contributed by atoms with Gasteiger partial charge in [-0.1, -0.05) is 11.6 Å². The van der Waals surface area contributed by atoms with Gasteiger partial charge in [-0.2, -0.15) is 0 Å². The van der Waals surface area contributed by atoms with Gasteiger partial charge in [-0.3, -0.25) is 0 Å². The van der Waals surface area contributed by atoms with Crippen LogP contribution in [0, 0.1) is 0 Å². The lowest BCUT2D eigenvalue weighted by molar-refractivity contribution is 0.0532. The summed E-state index contributed by atoms with van der Waals surface area (Å²) in [5, 5.41) is 18.4. The predicted molar refractivity (Wildman–Crippen MR) is 62.6 cm³/mol.